The fourth-order valence-electron chi connectivity index (χ4n) is 4.32. The number of hydrogen-bond donors (Lipinski definition) is 0. The second-order valence-electron chi connectivity index (χ2n) is 8.42. The predicted octanol–water partition coefficient (Wildman–Crippen LogP) is 4.47. The summed E-state index contributed by atoms with van der Waals surface area (Å²) in [5.74, 6) is 1.35. The van der Waals surface area contributed by atoms with Crippen LogP contribution in [0.5, 0.6) is 11.5 Å². The molecule has 3 aromatic rings. The molecule has 1 aliphatic heterocycles. The van der Waals surface area contributed by atoms with Crippen molar-refractivity contribution < 1.29 is 19.1 Å². The van der Waals surface area contributed by atoms with Crippen LogP contribution in [0.3, 0.4) is 0 Å². The van der Waals surface area contributed by atoms with Crippen molar-refractivity contribution >= 4 is 17.5 Å². The van der Waals surface area contributed by atoms with E-state index in [2.05, 4.69) is 6.92 Å². The van der Waals surface area contributed by atoms with Crippen LogP contribution in [0.4, 0.5) is 5.69 Å². The average Bonchev–Trinajstić information content (AvgIpc) is 2.87. The van der Waals surface area contributed by atoms with Gasteiger partial charge >= 0.3 is 0 Å². The van der Waals surface area contributed by atoms with Crippen LogP contribution in [0, 0.1) is 0 Å². The van der Waals surface area contributed by atoms with E-state index in [1.54, 1.807) is 12.0 Å². The predicted molar refractivity (Wildman–Crippen MR) is 132 cm³/mol. The molecule has 0 radical (unpaired) electrons. The van der Waals surface area contributed by atoms with Gasteiger partial charge in [0.15, 0.2) is 6.61 Å². The van der Waals surface area contributed by atoms with Crippen LogP contribution in [0.15, 0.2) is 78.9 Å². The second kappa shape index (κ2) is 10.9. The number of benzene rings is 3. The third-order valence-corrected chi connectivity index (χ3v) is 6.11. The van der Waals surface area contributed by atoms with E-state index in [4.69, 9.17) is 9.47 Å². The maximum atomic E-state index is 13.5. The highest BCUT2D eigenvalue weighted by Crippen LogP contribution is 2.31. The fraction of sp³-hybridized carbons (Fsp3) is 0.286. The molecule has 0 aliphatic carbocycles. The number of amides is 2. The zero-order valence-corrected chi connectivity index (χ0v) is 19.6. The molecule has 0 bridgehead atoms. The number of ether oxygens (including phenoxy) is 2. The number of rotatable bonds is 9. The van der Waals surface area contributed by atoms with Crippen molar-refractivity contribution in [1.82, 2.24) is 4.90 Å². The van der Waals surface area contributed by atoms with Crippen molar-refractivity contribution in [2.24, 2.45) is 0 Å². The maximum absolute atomic E-state index is 13.5. The lowest BCUT2D eigenvalue weighted by Crippen LogP contribution is -2.44. The van der Waals surface area contributed by atoms with Crippen molar-refractivity contribution in [3.05, 3.63) is 90.0 Å². The Kier molecular flexibility index (Phi) is 7.48. The Morgan fingerprint density at radius 3 is 2.53 bits per heavy atom. The van der Waals surface area contributed by atoms with E-state index in [-0.39, 0.29) is 30.9 Å². The molecule has 0 spiro atoms. The number of methoxy groups -OCH3 is 1. The summed E-state index contributed by atoms with van der Waals surface area (Å²) in [4.78, 5) is 29.6. The molecule has 34 heavy (non-hydrogen) atoms. The van der Waals surface area contributed by atoms with Crippen LogP contribution in [0.25, 0.3) is 0 Å². The molecule has 1 unspecified atom stereocenters. The van der Waals surface area contributed by atoms with E-state index in [1.165, 1.54) is 0 Å². The maximum Gasteiger partial charge on any atom is 0.265 e. The molecule has 0 fully saturated rings. The monoisotopic (exact) mass is 458 g/mol. The lowest BCUT2D eigenvalue weighted by molar-refractivity contribution is -0.133. The van der Waals surface area contributed by atoms with Gasteiger partial charge in [-0.2, -0.15) is 0 Å². The molecule has 0 N–H and O–H groups in total. The van der Waals surface area contributed by atoms with Gasteiger partial charge in [-0.15, -0.1) is 0 Å². The molecule has 1 heterocycles. The summed E-state index contributed by atoms with van der Waals surface area (Å²) in [6.07, 6.45) is 0.894. The van der Waals surface area contributed by atoms with E-state index >= 15 is 0 Å². The van der Waals surface area contributed by atoms with Crippen LogP contribution in [-0.2, 0) is 22.6 Å². The van der Waals surface area contributed by atoms with Crippen LogP contribution < -0.4 is 14.4 Å². The number of nitrogens with zero attached hydrogens (tertiary/aromatic N) is 2. The standard InChI is InChI=1S/C28H30N2O4/c1-21(18-23-12-6-8-14-25(23)33-2)30(19-22-10-4-3-5-11-22)27(31)16-17-29-24-13-7-9-15-26(24)34-20-28(29)32/h3-15,21H,16-20H2,1-2H3. The molecule has 4 rings (SSSR count). The summed E-state index contributed by atoms with van der Waals surface area (Å²) < 4.78 is 11.0. The third kappa shape index (κ3) is 5.39. The lowest BCUT2D eigenvalue weighted by atomic mass is 10.0. The van der Waals surface area contributed by atoms with Crippen LogP contribution in [0.2, 0.25) is 0 Å². The quantitative estimate of drug-likeness (QED) is 0.475. The van der Waals surface area contributed by atoms with Crippen LogP contribution in [0.1, 0.15) is 24.5 Å². The molecule has 0 saturated heterocycles. The highest BCUT2D eigenvalue weighted by atomic mass is 16.5. The Bertz CT molecular complexity index is 1130. The van der Waals surface area contributed by atoms with E-state index in [1.807, 2.05) is 83.8 Å². The van der Waals surface area contributed by atoms with E-state index in [9.17, 15) is 9.59 Å². The third-order valence-electron chi connectivity index (χ3n) is 6.11. The van der Waals surface area contributed by atoms with Crippen molar-refractivity contribution in [2.45, 2.75) is 32.4 Å². The van der Waals surface area contributed by atoms with E-state index in [0.717, 1.165) is 16.9 Å². The SMILES string of the molecule is COc1ccccc1CC(C)N(Cc1ccccc1)C(=O)CCN1C(=O)COc2ccccc21. The number of carbonyl (C=O) groups is 2. The normalized spacial score (nSPS) is 13.6. The first-order valence-corrected chi connectivity index (χ1v) is 11.5. The van der Waals surface area contributed by atoms with Gasteiger partial charge in [0.25, 0.3) is 5.91 Å². The molecule has 6 heteroatoms. The fourth-order valence-corrected chi connectivity index (χ4v) is 4.32. The zero-order chi connectivity index (χ0) is 23.9. The summed E-state index contributed by atoms with van der Waals surface area (Å²) in [6, 6.07) is 25.2. The number of fused-ring (bicyclic) bond motifs is 1. The number of anilines is 1. The van der Waals surface area contributed by atoms with Gasteiger partial charge < -0.3 is 19.3 Å². The van der Waals surface area contributed by atoms with Crippen LogP contribution >= 0.6 is 0 Å². The summed E-state index contributed by atoms with van der Waals surface area (Å²) in [7, 11) is 1.66. The van der Waals surface area contributed by atoms with Gasteiger partial charge in [-0.05, 0) is 42.7 Å². The van der Waals surface area contributed by atoms with Crippen molar-refractivity contribution in [3.63, 3.8) is 0 Å². The first-order valence-electron chi connectivity index (χ1n) is 11.5. The van der Waals surface area contributed by atoms with Gasteiger partial charge in [-0.3, -0.25) is 9.59 Å². The van der Waals surface area contributed by atoms with Gasteiger partial charge in [0.2, 0.25) is 5.91 Å². The minimum Gasteiger partial charge on any atom is -0.496 e. The Labute approximate surface area is 200 Å². The topological polar surface area (TPSA) is 59.1 Å². The molecule has 1 atom stereocenters. The summed E-state index contributed by atoms with van der Waals surface area (Å²) in [5.41, 5.74) is 2.83. The van der Waals surface area contributed by atoms with Gasteiger partial charge in [-0.1, -0.05) is 60.7 Å². The molecule has 3 aromatic carbocycles. The molecule has 176 valence electrons. The average molecular weight is 459 g/mol. The molecule has 6 nitrogen and oxygen atoms in total. The van der Waals surface area contributed by atoms with Crippen LogP contribution in [-0.4, -0.2) is 43.0 Å². The number of para-hydroxylation sites is 3. The zero-order valence-electron chi connectivity index (χ0n) is 19.6. The minimum atomic E-state index is -0.136. The second-order valence-corrected chi connectivity index (χ2v) is 8.42. The molecule has 1 aliphatic rings. The Morgan fingerprint density at radius 1 is 1.03 bits per heavy atom. The molecular formula is C28H30N2O4. The summed E-state index contributed by atoms with van der Waals surface area (Å²) in [6.45, 7) is 2.86. The van der Waals surface area contributed by atoms with Gasteiger partial charge in [0.05, 0.1) is 12.8 Å². The lowest BCUT2D eigenvalue weighted by Gasteiger charge is -2.32. The Balaban J connectivity index is 1.51. The Morgan fingerprint density at radius 2 is 1.74 bits per heavy atom. The first kappa shape index (κ1) is 23.4. The van der Waals surface area contributed by atoms with E-state index < -0.39 is 0 Å². The number of carbonyl (C=O) groups excluding carboxylic acids is 2. The summed E-state index contributed by atoms with van der Waals surface area (Å²) >= 11 is 0. The molecule has 0 aromatic heterocycles. The summed E-state index contributed by atoms with van der Waals surface area (Å²) in [5, 5.41) is 0. The van der Waals surface area contributed by atoms with Crippen molar-refractivity contribution in [1.29, 1.82) is 0 Å². The smallest absolute Gasteiger partial charge is 0.265 e. The molecule has 0 saturated carbocycles. The number of hydrogen-bond acceptors (Lipinski definition) is 4. The Hall–Kier alpha value is -3.80. The molecule has 2 amide bonds. The van der Waals surface area contributed by atoms with Crippen molar-refractivity contribution in [3.8, 4) is 11.5 Å². The largest absolute Gasteiger partial charge is 0.496 e. The molecular weight excluding hydrogens is 428 g/mol. The van der Waals surface area contributed by atoms with Gasteiger partial charge in [0, 0.05) is 25.6 Å². The highest BCUT2D eigenvalue weighted by molar-refractivity contribution is 5.98. The minimum absolute atomic E-state index is 0.00280. The first-order chi connectivity index (χ1) is 16.6. The van der Waals surface area contributed by atoms with E-state index in [0.29, 0.717) is 30.9 Å². The van der Waals surface area contributed by atoms with Crippen molar-refractivity contribution in [2.75, 3.05) is 25.2 Å². The van der Waals surface area contributed by atoms with Gasteiger partial charge in [0.1, 0.15) is 11.5 Å². The highest BCUT2D eigenvalue weighted by Gasteiger charge is 2.27. The van der Waals surface area contributed by atoms with Gasteiger partial charge in [-0.25, -0.2) is 0 Å².